The number of tetrazole rings is 1. The number of likely N-dealkylation sites (tertiary alicyclic amines) is 1. The largest absolute Gasteiger partial charge is 0.342 e. The molecule has 0 bridgehead atoms. The molecule has 4 rings (SSSR count). The van der Waals surface area contributed by atoms with Crippen LogP contribution < -0.4 is 0 Å². The summed E-state index contributed by atoms with van der Waals surface area (Å²) >= 11 is 3.13. The van der Waals surface area contributed by atoms with Gasteiger partial charge >= 0.3 is 0 Å². The maximum atomic E-state index is 12.6. The molecule has 25 heavy (non-hydrogen) atoms. The standard InChI is InChI=1S/C17H23N5OS2/c23-16(21-8-7-13-4-1-2-5-14(13)10-21)12-25-17-18-19-20-22(17)11-15-6-3-9-24-15/h3,6,9,13-14H,1-2,4-5,7-8,10-12H2/t13-,14+/m1/s1. The normalized spacial score (nSPS) is 23.4. The third kappa shape index (κ3) is 4.06. The van der Waals surface area contributed by atoms with Gasteiger partial charge in [0.1, 0.15) is 0 Å². The molecule has 0 unspecified atom stereocenters. The van der Waals surface area contributed by atoms with Crippen LogP contribution in [0, 0.1) is 11.8 Å². The highest BCUT2D eigenvalue weighted by atomic mass is 32.2. The molecule has 134 valence electrons. The second kappa shape index (κ2) is 7.86. The molecule has 2 aromatic rings. The van der Waals surface area contributed by atoms with E-state index in [4.69, 9.17) is 0 Å². The van der Waals surface area contributed by atoms with Gasteiger partial charge in [0.15, 0.2) is 0 Å². The minimum atomic E-state index is 0.222. The van der Waals surface area contributed by atoms with E-state index in [1.807, 2.05) is 11.4 Å². The van der Waals surface area contributed by atoms with E-state index in [9.17, 15) is 4.79 Å². The number of carbonyl (C=O) groups excluding carboxylic acids is 1. The zero-order valence-corrected chi connectivity index (χ0v) is 15.8. The Kier molecular flexibility index (Phi) is 5.36. The molecule has 0 aromatic carbocycles. The minimum Gasteiger partial charge on any atom is -0.342 e. The predicted molar refractivity (Wildman–Crippen MR) is 98.6 cm³/mol. The van der Waals surface area contributed by atoms with Crippen LogP contribution in [-0.4, -0.2) is 49.9 Å². The number of hydrogen-bond donors (Lipinski definition) is 0. The van der Waals surface area contributed by atoms with Gasteiger partial charge in [0, 0.05) is 18.0 Å². The molecule has 1 saturated carbocycles. The van der Waals surface area contributed by atoms with Crippen molar-refractivity contribution in [1.29, 1.82) is 0 Å². The van der Waals surface area contributed by atoms with Crippen LogP contribution in [0.5, 0.6) is 0 Å². The summed E-state index contributed by atoms with van der Waals surface area (Å²) in [6.07, 6.45) is 6.53. The number of amides is 1. The van der Waals surface area contributed by atoms with E-state index in [-0.39, 0.29) is 5.91 Å². The van der Waals surface area contributed by atoms with Crippen LogP contribution in [0.2, 0.25) is 0 Å². The second-order valence-corrected chi connectivity index (χ2v) is 8.89. The van der Waals surface area contributed by atoms with E-state index < -0.39 is 0 Å². The van der Waals surface area contributed by atoms with E-state index in [0.29, 0.717) is 17.5 Å². The Balaban J connectivity index is 1.31. The first-order valence-corrected chi connectivity index (χ1v) is 10.9. The topological polar surface area (TPSA) is 63.9 Å². The summed E-state index contributed by atoms with van der Waals surface area (Å²) in [7, 11) is 0. The number of fused-ring (bicyclic) bond motifs is 1. The molecule has 2 fully saturated rings. The number of piperidine rings is 1. The van der Waals surface area contributed by atoms with Gasteiger partial charge < -0.3 is 4.90 Å². The summed E-state index contributed by atoms with van der Waals surface area (Å²) in [5, 5.41) is 14.7. The van der Waals surface area contributed by atoms with Gasteiger partial charge in [-0.15, -0.1) is 16.4 Å². The molecule has 3 heterocycles. The molecular weight excluding hydrogens is 354 g/mol. The van der Waals surface area contributed by atoms with Gasteiger partial charge in [-0.3, -0.25) is 4.79 Å². The summed E-state index contributed by atoms with van der Waals surface area (Å²) in [5.74, 6) is 2.21. The van der Waals surface area contributed by atoms with Gasteiger partial charge in [-0.2, -0.15) is 0 Å². The van der Waals surface area contributed by atoms with Gasteiger partial charge in [0.2, 0.25) is 11.1 Å². The summed E-state index contributed by atoms with van der Waals surface area (Å²) in [5.41, 5.74) is 0. The molecule has 0 radical (unpaired) electrons. The third-order valence-electron chi connectivity index (χ3n) is 5.35. The maximum absolute atomic E-state index is 12.6. The van der Waals surface area contributed by atoms with Gasteiger partial charge in [-0.25, -0.2) is 4.68 Å². The molecule has 2 atom stereocenters. The monoisotopic (exact) mass is 377 g/mol. The van der Waals surface area contributed by atoms with Crippen LogP contribution >= 0.6 is 23.1 Å². The Morgan fingerprint density at radius 3 is 3.00 bits per heavy atom. The van der Waals surface area contributed by atoms with E-state index >= 15 is 0 Å². The van der Waals surface area contributed by atoms with Gasteiger partial charge in [-0.05, 0) is 46.6 Å². The molecule has 6 nitrogen and oxygen atoms in total. The van der Waals surface area contributed by atoms with Crippen LogP contribution in [0.3, 0.4) is 0 Å². The minimum absolute atomic E-state index is 0.222. The van der Waals surface area contributed by atoms with E-state index in [1.165, 1.54) is 48.7 Å². The van der Waals surface area contributed by atoms with Crippen molar-refractivity contribution in [3.05, 3.63) is 22.4 Å². The number of nitrogens with zero attached hydrogens (tertiary/aromatic N) is 5. The van der Waals surface area contributed by atoms with Gasteiger partial charge in [0.05, 0.1) is 12.3 Å². The Labute approximate surface area is 156 Å². The van der Waals surface area contributed by atoms with Crippen molar-refractivity contribution in [2.24, 2.45) is 11.8 Å². The fourth-order valence-electron chi connectivity index (χ4n) is 3.99. The SMILES string of the molecule is O=C(CSc1nnnn1Cc1cccs1)N1CC[C@H]2CCCC[C@H]2C1. The molecule has 0 N–H and O–H groups in total. The maximum Gasteiger partial charge on any atom is 0.233 e. The smallest absolute Gasteiger partial charge is 0.233 e. The number of hydrogen-bond acceptors (Lipinski definition) is 6. The Morgan fingerprint density at radius 2 is 2.16 bits per heavy atom. The average Bonchev–Trinajstić information content (AvgIpc) is 3.32. The fourth-order valence-corrected chi connectivity index (χ4v) is 5.46. The lowest BCUT2D eigenvalue weighted by Gasteiger charge is -2.41. The summed E-state index contributed by atoms with van der Waals surface area (Å²) in [6.45, 7) is 2.53. The first-order valence-electron chi connectivity index (χ1n) is 8.99. The number of thioether (sulfide) groups is 1. The summed E-state index contributed by atoms with van der Waals surface area (Å²) < 4.78 is 1.77. The molecule has 1 aliphatic carbocycles. The zero-order chi connectivity index (χ0) is 17.1. The zero-order valence-electron chi connectivity index (χ0n) is 14.2. The van der Waals surface area contributed by atoms with E-state index in [1.54, 1.807) is 16.0 Å². The molecule has 1 amide bonds. The van der Waals surface area contributed by atoms with Crippen molar-refractivity contribution >= 4 is 29.0 Å². The molecular formula is C17H23N5OS2. The molecule has 1 aliphatic heterocycles. The highest BCUT2D eigenvalue weighted by Crippen LogP contribution is 2.36. The highest BCUT2D eigenvalue weighted by Gasteiger charge is 2.32. The number of carbonyl (C=O) groups is 1. The van der Waals surface area contributed by atoms with Crippen molar-refractivity contribution in [3.8, 4) is 0 Å². The fraction of sp³-hybridized carbons (Fsp3) is 0.647. The third-order valence-corrected chi connectivity index (χ3v) is 7.16. The van der Waals surface area contributed by atoms with Crippen LogP contribution in [0.25, 0.3) is 0 Å². The summed E-state index contributed by atoms with van der Waals surface area (Å²) in [6, 6.07) is 4.09. The van der Waals surface area contributed by atoms with Crippen LogP contribution in [0.4, 0.5) is 0 Å². The molecule has 2 aromatic heterocycles. The first-order chi connectivity index (χ1) is 12.3. The van der Waals surface area contributed by atoms with Crippen LogP contribution in [0.1, 0.15) is 37.0 Å². The number of rotatable bonds is 5. The highest BCUT2D eigenvalue weighted by molar-refractivity contribution is 7.99. The Hall–Kier alpha value is -1.41. The lowest BCUT2D eigenvalue weighted by molar-refractivity contribution is -0.131. The van der Waals surface area contributed by atoms with Crippen LogP contribution in [0.15, 0.2) is 22.7 Å². The van der Waals surface area contributed by atoms with E-state index in [0.717, 1.165) is 24.9 Å². The average molecular weight is 378 g/mol. The van der Waals surface area contributed by atoms with Crippen molar-refractivity contribution in [3.63, 3.8) is 0 Å². The molecule has 8 heteroatoms. The van der Waals surface area contributed by atoms with Gasteiger partial charge in [-0.1, -0.05) is 37.1 Å². The number of thiophene rings is 1. The molecule has 1 saturated heterocycles. The van der Waals surface area contributed by atoms with Crippen molar-refractivity contribution in [1.82, 2.24) is 25.1 Å². The second-order valence-electron chi connectivity index (χ2n) is 6.92. The van der Waals surface area contributed by atoms with Crippen molar-refractivity contribution in [2.75, 3.05) is 18.8 Å². The van der Waals surface area contributed by atoms with E-state index in [2.05, 4.69) is 26.5 Å². The van der Waals surface area contributed by atoms with Gasteiger partial charge in [0.25, 0.3) is 0 Å². The number of aromatic nitrogens is 4. The molecule has 2 aliphatic rings. The lowest BCUT2D eigenvalue weighted by atomic mass is 9.75. The van der Waals surface area contributed by atoms with Crippen LogP contribution in [-0.2, 0) is 11.3 Å². The van der Waals surface area contributed by atoms with Crippen molar-refractivity contribution < 1.29 is 4.79 Å². The predicted octanol–water partition coefficient (Wildman–Crippen LogP) is 2.91. The quantitative estimate of drug-likeness (QED) is 0.750. The Bertz CT molecular complexity index is 702. The van der Waals surface area contributed by atoms with Crippen molar-refractivity contribution in [2.45, 2.75) is 43.8 Å². The Morgan fingerprint density at radius 1 is 1.28 bits per heavy atom. The summed E-state index contributed by atoms with van der Waals surface area (Å²) in [4.78, 5) is 15.9. The first kappa shape index (κ1) is 17.0. The lowest BCUT2D eigenvalue weighted by Crippen LogP contribution is -2.45. The molecule has 0 spiro atoms.